The topological polar surface area (TPSA) is 43.4 Å². The molecule has 0 saturated heterocycles. The number of para-hydroxylation sites is 1. The van der Waals surface area contributed by atoms with Gasteiger partial charge in [-0.1, -0.05) is 12.1 Å². The van der Waals surface area contributed by atoms with Crippen molar-refractivity contribution in [2.24, 2.45) is 5.73 Å². The Kier molecular flexibility index (Phi) is 3.44. The molecule has 0 spiro atoms. The molecular weight excluding hydrogens is 238 g/mol. The molecule has 2 heterocycles. The first-order valence-corrected chi connectivity index (χ1v) is 6.91. The third kappa shape index (κ3) is 2.22. The van der Waals surface area contributed by atoms with Gasteiger partial charge in [0, 0.05) is 30.7 Å². The molecule has 1 aliphatic rings. The maximum absolute atomic E-state index is 5.59. The first kappa shape index (κ1) is 12.5. The second kappa shape index (κ2) is 5.23. The number of methoxy groups -OCH3 is 1. The predicted octanol–water partition coefficient (Wildman–Crippen LogP) is 1.81. The van der Waals surface area contributed by atoms with Crippen LogP contribution in [0.3, 0.4) is 0 Å². The van der Waals surface area contributed by atoms with Crippen molar-refractivity contribution in [2.45, 2.75) is 19.5 Å². The fourth-order valence-corrected chi connectivity index (χ4v) is 2.95. The summed E-state index contributed by atoms with van der Waals surface area (Å²) in [6.45, 7) is 5.00. The summed E-state index contributed by atoms with van der Waals surface area (Å²) in [5.41, 5.74) is 8.20. The lowest BCUT2D eigenvalue weighted by Gasteiger charge is -2.28. The van der Waals surface area contributed by atoms with Gasteiger partial charge in [0.25, 0.3) is 0 Å². The Balaban J connectivity index is 1.94. The maximum atomic E-state index is 5.59. The van der Waals surface area contributed by atoms with E-state index in [4.69, 9.17) is 10.5 Å². The highest BCUT2D eigenvalue weighted by atomic mass is 16.5. The van der Waals surface area contributed by atoms with Gasteiger partial charge in [0.1, 0.15) is 5.75 Å². The van der Waals surface area contributed by atoms with E-state index in [2.05, 4.69) is 27.7 Å². The number of fused-ring (bicyclic) bond motifs is 3. The van der Waals surface area contributed by atoms with Crippen molar-refractivity contribution in [3.8, 4) is 5.75 Å². The molecule has 1 aromatic heterocycles. The number of rotatable bonds is 4. The van der Waals surface area contributed by atoms with Crippen LogP contribution in [0.5, 0.6) is 5.75 Å². The van der Waals surface area contributed by atoms with E-state index in [-0.39, 0.29) is 0 Å². The average Bonchev–Trinajstić information content (AvgIpc) is 2.82. The van der Waals surface area contributed by atoms with Gasteiger partial charge in [-0.25, -0.2) is 0 Å². The monoisotopic (exact) mass is 259 g/mol. The van der Waals surface area contributed by atoms with Gasteiger partial charge in [0.2, 0.25) is 0 Å². The largest absolute Gasteiger partial charge is 0.495 e. The van der Waals surface area contributed by atoms with E-state index in [1.807, 2.05) is 6.07 Å². The van der Waals surface area contributed by atoms with Crippen molar-refractivity contribution < 1.29 is 4.74 Å². The zero-order valence-corrected chi connectivity index (χ0v) is 11.4. The Morgan fingerprint density at radius 2 is 2.21 bits per heavy atom. The lowest BCUT2D eigenvalue weighted by atomic mass is 10.2. The number of aromatic nitrogens is 1. The molecule has 102 valence electrons. The minimum atomic E-state index is 0.771. The summed E-state index contributed by atoms with van der Waals surface area (Å²) in [5, 5.41) is 1.27. The molecule has 1 aliphatic heterocycles. The smallest absolute Gasteiger partial charge is 0.143 e. The molecule has 0 saturated carbocycles. The molecule has 0 bridgehead atoms. The molecule has 2 aromatic rings. The van der Waals surface area contributed by atoms with Crippen molar-refractivity contribution in [2.75, 3.05) is 26.7 Å². The Hall–Kier alpha value is -1.52. The average molecular weight is 259 g/mol. The summed E-state index contributed by atoms with van der Waals surface area (Å²) < 4.78 is 7.89. The number of benzene rings is 1. The van der Waals surface area contributed by atoms with Crippen molar-refractivity contribution in [1.82, 2.24) is 9.47 Å². The van der Waals surface area contributed by atoms with E-state index in [0.717, 1.165) is 44.9 Å². The number of nitrogens with zero attached hydrogens (tertiary/aromatic N) is 2. The van der Waals surface area contributed by atoms with Crippen LogP contribution in [0, 0.1) is 0 Å². The van der Waals surface area contributed by atoms with Crippen molar-refractivity contribution in [3.63, 3.8) is 0 Å². The fraction of sp³-hybridized carbons (Fsp3) is 0.467. The number of hydrogen-bond acceptors (Lipinski definition) is 3. The van der Waals surface area contributed by atoms with Crippen LogP contribution < -0.4 is 10.5 Å². The van der Waals surface area contributed by atoms with Crippen LogP contribution >= 0.6 is 0 Å². The second-order valence-corrected chi connectivity index (χ2v) is 5.10. The number of hydrogen-bond donors (Lipinski definition) is 1. The molecule has 1 aromatic carbocycles. The van der Waals surface area contributed by atoms with Crippen LogP contribution in [0.4, 0.5) is 0 Å². The lowest BCUT2D eigenvalue weighted by molar-refractivity contribution is 0.222. The van der Waals surface area contributed by atoms with Gasteiger partial charge in [-0.3, -0.25) is 4.90 Å². The van der Waals surface area contributed by atoms with Gasteiger partial charge in [0.05, 0.1) is 12.6 Å². The Bertz CT molecular complexity index is 576. The van der Waals surface area contributed by atoms with Gasteiger partial charge in [-0.05, 0) is 31.6 Å². The van der Waals surface area contributed by atoms with E-state index >= 15 is 0 Å². The van der Waals surface area contributed by atoms with Gasteiger partial charge in [-0.15, -0.1) is 0 Å². The molecular formula is C15H21N3O. The van der Waals surface area contributed by atoms with Crippen LogP contribution in [0.15, 0.2) is 24.3 Å². The highest BCUT2D eigenvalue weighted by Crippen LogP contribution is 2.31. The third-order valence-corrected chi connectivity index (χ3v) is 3.89. The fourth-order valence-electron chi connectivity index (χ4n) is 2.95. The first-order valence-electron chi connectivity index (χ1n) is 6.91. The molecule has 0 fully saturated rings. The Morgan fingerprint density at radius 3 is 3.00 bits per heavy atom. The summed E-state index contributed by atoms with van der Waals surface area (Å²) >= 11 is 0. The van der Waals surface area contributed by atoms with Crippen LogP contribution in [-0.2, 0) is 13.1 Å². The summed E-state index contributed by atoms with van der Waals surface area (Å²) in [6.07, 6.45) is 1.07. The highest BCUT2D eigenvalue weighted by Gasteiger charge is 2.19. The van der Waals surface area contributed by atoms with Gasteiger partial charge < -0.3 is 15.0 Å². The lowest BCUT2D eigenvalue weighted by Crippen LogP contribution is -2.34. The van der Waals surface area contributed by atoms with E-state index in [1.54, 1.807) is 7.11 Å². The van der Waals surface area contributed by atoms with E-state index in [9.17, 15) is 0 Å². The second-order valence-electron chi connectivity index (χ2n) is 5.10. The van der Waals surface area contributed by atoms with E-state index in [1.165, 1.54) is 16.6 Å². The van der Waals surface area contributed by atoms with Crippen molar-refractivity contribution in [1.29, 1.82) is 0 Å². The SMILES string of the molecule is COc1cccc2cc3n(c12)CCN(CCCN)C3. The number of ether oxygens (including phenoxy) is 1. The van der Waals surface area contributed by atoms with Crippen molar-refractivity contribution >= 4 is 10.9 Å². The third-order valence-electron chi connectivity index (χ3n) is 3.89. The first-order chi connectivity index (χ1) is 9.33. The molecule has 0 unspecified atom stereocenters. The number of nitrogens with two attached hydrogens (primary N) is 1. The van der Waals surface area contributed by atoms with Crippen LogP contribution in [0.25, 0.3) is 10.9 Å². The minimum absolute atomic E-state index is 0.771. The Labute approximate surface area is 113 Å². The van der Waals surface area contributed by atoms with Crippen LogP contribution in [-0.4, -0.2) is 36.2 Å². The quantitative estimate of drug-likeness (QED) is 0.910. The molecule has 0 radical (unpaired) electrons. The van der Waals surface area contributed by atoms with Crippen LogP contribution in [0.1, 0.15) is 12.1 Å². The standard InChI is InChI=1S/C15H21N3O/c1-19-14-5-2-4-12-10-13-11-17(7-3-6-16)8-9-18(13)15(12)14/h2,4-5,10H,3,6-9,11,16H2,1H3. The van der Waals surface area contributed by atoms with E-state index < -0.39 is 0 Å². The predicted molar refractivity (Wildman–Crippen MR) is 77.4 cm³/mol. The molecule has 3 rings (SSSR count). The molecule has 0 aliphatic carbocycles. The zero-order chi connectivity index (χ0) is 13.2. The zero-order valence-electron chi connectivity index (χ0n) is 11.4. The molecule has 0 amide bonds. The molecule has 0 atom stereocenters. The summed E-state index contributed by atoms with van der Waals surface area (Å²) in [6, 6.07) is 8.54. The van der Waals surface area contributed by atoms with E-state index in [0.29, 0.717) is 0 Å². The minimum Gasteiger partial charge on any atom is -0.495 e. The summed E-state index contributed by atoms with van der Waals surface area (Å²) in [5.74, 6) is 0.971. The highest BCUT2D eigenvalue weighted by molar-refractivity contribution is 5.87. The maximum Gasteiger partial charge on any atom is 0.143 e. The van der Waals surface area contributed by atoms with Gasteiger partial charge in [0.15, 0.2) is 0 Å². The summed E-state index contributed by atoms with van der Waals surface area (Å²) in [7, 11) is 1.74. The van der Waals surface area contributed by atoms with Crippen molar-refractivity contribution in [3.05, 3.63) is 30.0 Å². The van der Waals surface area contributed by atoms with Crippen LogP contribution in [0.2, 0.25) is 0 Å². The molecule has 4 nitrogen and oxygen atoms in total. The normalized spacial score (nSPS) is 15.7. The molecule has 4 heteroatoms. The molecule has 19 heavy (non-hydrogen) atoms. The Morgan fingerprint density at radius 1 is 1.32 bits per heavy atom. The van der Waals surface area contributed by atoms with Gasteiger partial charge >= 0.3 is 0 Å². The molecule has 2 N–H and O–H groups in total. The van der Waals surface area contributed by atoms with Gasteiger partial charge in [-0.2, -0.15) is 0 Å². The summed E-state index contributed by atoms with van der Waals surface area (Å²) in [4.78, 5) is 2.48.